The Morgan fingerprint density at radius 1 is 1.47 bits per heavy atom. The number of halogens is 1. The fraction of sp³-hybridized carbons (Fsp3) is 0.100. The topological polar surface area (TPSA) is 61.2 Å². The average molecular weight is 223 g/mol. The molecule has 0 aliphatic heterocycles. The molecule has 1 rings (SSSR count). The number of carbonyl (C=O) groups is 2. The first-order chi connectivity index (χ1) is 7.06. The lowest BCUT2D eigenvalue weighted by Crippen LogP contribution is -2.28. The summed E-state index contributed by atoms with van der Waals surface area (Å²) in [5.41, 5.74) is 0.613. The van der Waals surface area contributed by atoms with Crippen LogP contribution in [0.25, 0.3) is 0 Å². The number of nitriles is 1. The van der Waals surface area contributed by atoms with E-state index in [0.717, 1.165) is 4.90 Å². The molecular weight excluding hydrogens is 216 g/mol. The number of rotatable bonds is 1. The van der Waals surface area contributed by atoms with E-state index in [4.69, 9.17) is 16.9 Å². The maximum Gasteiger partial charge on any atom is 0.323 e. The van der Waals surface area contributed by atoms with Crippen LogP contribution in [0, 0.1) is 11.3 Å². The van der Waals surface area contributed by atoms with Gasteiger partial charge in [-0.25, -0.2) is 0 Å². The van der Waals surface area contributed by atoms with Crippen molar-refractivity contribution in [1.29, 1.82) is 5.26 Å². The van der Waals surface area contributed by atoms with E-state index >= 15 is 0 Å². The fourth-order valence-electron chi connectivity index (χ4n) is 0.995. The molecule has 4 nitrogen and oxygen atoms in total. The molecular formula is C10H7ClN2O2. The van der Waals surface area contributed by atoms with Crippen molar-refractivity contribution in [2.24, 2.45) is 0 Å². The Balaban J connectivity index is 3.02. The highest BCUT2D eigenvalue weighted by Crippen LogP contribution is 2.08. The van der Waals surface area contributed by atoms with Gasteiger partial charge in [-0.15, -0.1) is 0 Å². The number of imide groups is 1. The highest BCUT2D eigenvalue weighted by Gasteiger charge is 2.16. The third kappa shape index (κ3) is 2.55. The van der Waals surface area contributed by atoms with Crippen molar-refractivity contribution in [2.45, 2.75) is 0 Å². The van der Waals surface area contributed by atoms with Gasteiger partial charge >= 0.3 is 5.37 Å². The maximum atomic E-state index is 11.6. The van der Waals surface area contributed by atoms with Crippen LogP contribution in [0.2, 0.25) is 0 Å². The van der Waals surface area contributed by atoms with Crippen molar-refractivity contribution in [2.75, 3.05) is 7.05 Å². The van der Waals surface area contributed by atoms with E-state index in [2.05, 4.69) is 0 Å². The summed E-state index contributed by atoms with van der Waals surface area (Å²) in [6, 6.07) is 7.95. The lowest BCUT2D eigenvalue weighted by atomic mass is 10.1. The predicted molar refractivity (Wildman–Crippen MR) is 54.5 cm³/mol. The van der Waals surface area contributed by atoms with Crippen molar-refractivity contribution in [3.63, 3.8) is 0 Å². The fourth-order valence-corrected chi connectivity index (χ4v) is 1.07. The largest absolute Gasteiger partial charge is 0.323 e. The van der Waals surface area contributed by atoms with Crippen LogP contribution in [0.5, 0.6) is 0 Å². The molecule has 0 saturated carbocycles. The molecule has 0 N–H and O–H groups in total. The normalized spacial score (nSPS) is 9.13. The zero-order valence-electron chi connectivity index (χ0n) is 7.90. The second kappa shape index (κ2) is 4.58. The monoisotopic (exact) mass is 222 g/mol. The Morgan fingerprint density at radius 3 is 2.67 bits per heavy atom. The molecule has 0 radical (unpaired) electrons. The SMILES string of the molecule is CN(C(=O)Cl)C(=O)c1cccc(C#N)c1. The Labute approximate surface area is 91.7 Å². The smallest absolute Gasteiger partial charge is 0.269 e. The molecule has 0 spiro atoms. The van der Waals surface area contributed by atoms with Gasteiger partial charge in [-0.2, -0.15) is 5.26 Å². The molecule has 15 heavy (non-hydrogen) atoms. The minimum Gasteiger partial charge on any atom is -0.269 e. The van der Waals surface area contributed by atoms with Crippen LogP contribution in [-0.2, 0) is 0 Å². The maximum absolute atomic E-state index is 11.6. The van der Waals surface area contributed by atoms with Gasteiger partial charge in [-0.1, -0.05) is 6.07 Å². The summed E-state index contributed by atoms with van der Waals surface area (Å²) >= 11 is 5.15. The van der Waals surface area contributed by atoms with Gasteiger partial charge in [0.2, 0.25) is 0 Å². The number of carbonyl (C=O) groups excluding carboxylic acids is 2. The number of benzene rings is 1. The van der Waals surface area contributed by atoms with Gasteiger partial charge in [0.25, 0.3) is 5.91 Å². The second-order valence-corrected chi connectivity index (χ2v) is 3.13. The van der Waals surface area contributed by atoms with E-state index in [-0.39, 0.29) is 5.56 Å². The minimum absolute atomic E-state index is 0.255. The van der Waals surface area contributed by atoms with Crippen molar-refractivity contribution in [3.8, 4) is 6.07 Å². The van der Waals surface area contributed by atoms with Gasteiger partial charge in [0.05, 0.1) is 11.6 Å². The molecule has 0 bridgehead atoms. The number of nitrogens with zero attached hydrogens (tertiary/aromatic N) is 2. The zero-order valence-corrected chi connectivity index (χ0v) is 8.65. The molecule has 1 aromatic carbocycles. The molecule has 5 heteroatoms. The van der Waals surface area contributed by atoms with Crippen LogP contribution in [0.4, 0.5) is 4.79 Å². The van der Waals surface area contributed by atoms with Crippen LogP contribution < -0.4 is 0 Å². The number of hydrogen-bond donors (Lipinski definition) is 0. The van der Waals surface area contributed by atoms with Gasteiger partial charge in [0.15, 0.2) is 0 Å². The number of amides is 2. The van der Waals surface area contributed by atoms with Gasteiger partial charge in [0, 0.05) is 12.6 Å². The van der Waals surface area contributed by atoms with Crippen LogP contribution in [-0.4, -0.2) is 23.2 Å². The molecule has 0 atom stereocenters. The summed E-state index contributed by atoms with van der Waals surface area (Å²) in [6.07, 6.45) is 0. The molecule has 76 valence electrons. The van der Waals surface area contributed by atoms with E-state index < -0.39 is 11.3 Å². The van der Waals surface area contributed by atoms with E-state index in [1.165, 1.54) is 19.2 Å². The Morgan fingerprint density at radius 2 is 2.13 bits per heavy atom. The van der Waals surface area contributed by atoms with E-state index in [0.29, 0.717) is 5.56 Å². The molecule has 0 aliphatic rings. The summed E-state index contributed by atoms with van der Waals surface area (Å²) in [4.78, 5) is 23.1. The molecule has 0 aliphatic carbocycles. The van der Waals surface area contributed by atoms with Gasteiger partial charge < -0.3 is 0 Å². The predicted octanol–water partition coefficient (Wildman–Crippen LogP) is 1.99. The summed E-state index contributed by atoms with van der Waals surface area (Å²) < 4.78 is 0. The average Bonchev–Trinajstić information content (AvgIpc) is 2.27. The molecule has 0 heterocycles. The summed E-state index contributed by atoms with van der Waals surface area (Å²) in [6.45, 7) is 0. The van der Waals surface area contributed by atoms with Crippen LogP contribution in [0.1, 0.15) is 15.9 Å². The second-order valence-electron chi connectivity index (χ2n) is 2.81. The Kier molecular flexibility index (Phi) is 3.42. The van der Waals surface area contributed by atoms with Crippen molar-refractivity contribution in [1.82, 2.24) is 4.90 Å². The molecule has 1 aromatic rings. The molecule has 0 saturated heterocycles. The molecule has 2 amide bonds. The van der Waals surface area contributed by atoms with E-state index in [1.807, 2.05) is 6.07 Å². The van der Waals surface area contributed by atoms with Crippen molar-refractivity contribution in [3.05, 3.63) is 35.4 Å². The highest BCUT2D eigenvalue weighted by molar-refractivity contribution is 6.64. The van der Waals surface area contributed by atoms with E-state index in [9.17, 15) is 9.59 Å². The standard InChI is InChI=1S/C10H7ClN2O2/c1-13(10(11)15)9(14)8-4-2-3-7(5-8)6-12/h2-5H,1H3. The quantitative estimate of drug-likeness (QED) is 0.539. The summed E-state index contributed by atoms with van der Waals surface area (Å²) in [5, 5.41) is 7.76. The highest BCUT2D eigenvalue weighted by atomic mass is 35.5. The number of hydrogen-bond acceptors (Lipinski definition) is 3. The molecule has 0 unspecified atom stereocenters. The summed E-state index contributed by atoms with van der Waals surface area (Å²) in [7, 11) is 1.27. The van der Waals surface area contributed by atoms with Crippen LogP contribution in [0.3, 0.4) is 0 Å². The van der Waals surface area contributed by atoms with Crippen molar-refractivity contribution >= 4 is 22.9 Å². The molecule has 0 fully saturated rings. The zero-order chi connectivity index (χ0) is 11.4. The summed E-state index contributed by atoms with van der Waals surface area (Å²) in [5.74, 6) is -0.535. The van der Waals surface area contributed by atoms with Gasteiger partial charge in [0.1, 0.15) is 0 Å². The lowest BCUT2D eigenvalue weighted by molar-refractivity contribution is 0.0847. The third-order valence-electron chi connectivity index (χ3n) is 1.81. The van der Waals surface area contributed by atoms with Gasteiger partial charge in [-0.3, -0.25) is 14.5 Å². The lowest BCUT2D eigenvalue weighted by Gasteiger charge is -2.10. The van der Waals surface area contributed by atoms with Crippen LogP contribution in [0.15, 0.2) is 24.3 Å². The molecule has 0 aromatic heterocycles. The minimum atomic E-state index is -0.859. The van der Waals surface area contributed by atoms with Crippen molar-refractivity contribution < 1.29 is 9.59 Å². The van der Waals surface area contributed by atoms with E-state index in [1.54, 1.807) is 12.1 Å². The third-order valence-corrected chi connectivity index (χ3v) is 2.06. The Hall–Kier alpha value is -1.86. The first-order valence-corrected chi connectivity index (χ1v) is 4.41. The Bertz CT molecular complexity index is 451. The van der Waals surface area contributed by atoms with Crippen LogP contribution >= 0.6 is 11.6 Å². The first kappa shape index (κ1) is 11.2. The first-order valence-electron chi connectivity index (χ1n) is 4.04. The van der Waals surface area contributed by atoms with Gasteiger partial charge in [-0.05, 0) is 29.8 Å².